The number of rotatable bonds is 4. The van der Waals surface area contributed by atoms with Gasteiger partial charge in [-0.3, -0.25) is 9.59 Å². The minimum atomic E-state index is -1.61. The van der Waals surface area contributed by atoms with E-state index in [4.69, 9.17) is 14.6 Å². The van der Waals surface area contributed by atoms with Gasteiger partial charge in [-0.2, -0.15) is 0 Å². The van der Waals surface area contributed by atoms with Crippen LogP contribution in [0.15, 0.2) is 0 Å². The Kier molecular flexibility index (Phi) is 5.51. The summed E-state index contributed by atoms with van der Waals surface area (Å²) >= 11 is 0. The lowest BCUT2D eigenvalue weighted by molar-refractivity contribution is -0.292. The van der Waals surface area contributed by atoms with Crippen LogP contribution in [0.2, 0.25) is 0 Å². The maximum absolute atomic E-state index is 11.9. The third-order valence-corrected chi connectivity index (χ3v) is 4.50. The molecule has 7 atom stereocenters. The van der Waals surface area contributed by atoms with Gasteiger partial charge in [0.2, 0.25) is 6.29 Å². The van der Waals surface area contributed by atoms with Crippen molar-refractivity contribution in [1.29, 1.82) is 0 Å². The van der Waals surface area contributed by atoms with Crippen LogP contribution < -0.4 is 0 Å². The number of hydrogen-bond acceptors (Lipinski definition) is 8. The third-order valence-electron chi connectivity index (χ3n) is 4.50. The normalized spacial score (nSPS) is 42.4. The van der Waals surface area contributed by atoms with Crippen molar-refractivity contribution in [3.05, 3.63) is 0 Å². The van der Waals surface area contributed by atoms with Crippen LogP contribution in [0.3, 0.4) is 0 Å². The minimum Gasteiger partial charge on any atom is -0.433 e. The fourth-order valence-electron chi connectivity index (χ4n) is 2.90. The van der Waals surface area contributed by atoms with Crippen LogP contribution in [0.4, 0.5) is 0 Å². The Balaban J connectivity index is 1.91. The van der Waals surface area contributed by atoms with E-state index in [-0.39, 0.29) is 24.0 Å². The second-order valence-corrected chi connectivity index (χ2v) is 5.95. The predicted octanol–water partition coefficient (Wildman–Crippen LogP) is -1.67. The van der Waals surface area contributed by atoms with E-state index in [1.165, 1.54) is 0 Å². The van der Waals surface area contributed by atoms with Gasteiger partial charge in [-0.1, -0.05) is 6.92 Å². The molecule has 2 aliphatic rings. The van der Waals surface area contributed by atoms with Gasteiger partial charge in [0, 0.05) is 18.8 Å². The summed E-state index contributed by atoms with van der Waals surface area (Å²) in [6.07, 6.45) is -6.20. The monoisotopic (exact) mass is 318 g/mol. The van der Waals surface area contributed by atoms with Crippen LogP contribution in [0.25, 0.3) is 0 Å². The van der Waals surface area contributed by atoms with E-state index in [9.17, 15) is 24.9 Å². The largest absolute Gasteiger partial charge is 0.433 e. The van der Waals surface area contributed by atoms with Gasteiger partial charge in [0.05, 0.1) is 6.61 Å². The summed E-state index contributed by atoms with van der Waals surface area (Å²) in [5, 5.41) is 38.1. The van der Waals surface area contributed by atoms with Gasteiger partial charge in [0.25, 0.3) is 0 Å². The van der Waals surface area contributed by atoms with Crippen LogP contribution >= 0.6 is 0 Å². The molecule has 0 bridgehead atoms. The van der Waals surface area contributed by atoms with Crippen molar-refractivity contribution in [3.8, 4) is 0 Å². The lowest BCUT2D eigenvalue weighted by Gasteiger charge is -2.39. The molecule has 126 valence electrons. The lowest BCUT2D eigenvalue weighted by Crippen LogP contribution is -2.59. The first-order valence-corrected chi connectivity index (χ1v) is 7.37. The molecule has 4 N–H and O–H groups in total. The second-order valence-electron chi connectivity index (χ2n) is 5.95. The Hall–Kier alpha value is -1.06. The lowest BCUT2D eigenvalue weighted by atomic mass is 9.94. The molecule has 1 aliphatic carbocycles. The fraction of sp³-hybridized carbons (Fsp3) is 0.857. The molecular weight excluding hydrogens is 296 g/mol. The number of hydrogen-bond donors (Lipinski definition) is 4. The van der Waals surface area contributed by atoms with E-state index < -0.39 is 43.3 Å². The van der Waals surface area contributed by atoms with Gasteiger partial charge in [-0.25, -0.2) is 0 Å². The summed E-state index contributed by atoms with van der Waals surface area (Å²) in [5.74, 6) is -0.853. The molecule has 0 amide bonds. The molecule has 1 saturated carbocycles. The van der Waals surface area contributed by atoms with Crippen molar-refractivity contribution >= 4 is 11.8 Å². The maximum atomic E-state index is 11.9. The van der Waals surface area contributed by atoms with Gasteiger partial charge >= 0.3 is 5.97 Å². The Labute approximate surface area is 127 Å². The standard InChI is InChI=1S/C14H22O8/c1-6-7(2-3-8(6)16)4-10(17)22-14-13(20)12(19)11(18)9(5-15)21-14/h6-7,9,11-15,18-20H,2-5H2,1H3. The molecule has 8 nitrogen and oxygen atoms in total. The topological polar surface area (TPSA) is 134 Å². The molecule has 1 saturated heterocycles. The first kappa shape index (κ1) is 17.3. The zero-order chi connectivity index (χ0) is 16.4. The average Bonchev–Trinajstić information content (AvgIpc) is 2.80. The highest BCUT2D eigenvalue weighted by Gasteiger charge is 2.45. The average molecular weight is 318 g/mol. The highest BCUT2D eigenvalue weighted by Crippen LogP contribution is 2.31. The summed E-state index contributed by atoms with van der Waals surface area (Å²) in [6, 6.07) is 0. The molecule has 0 aromatic rings. The number of carbonyl (C=O) groups excluding carboxylic acids is 2. The van der Waals surface area contributed by atoms with E-state index in [1.54, 1.807) is 6.92 Å². The number of aliphatic hydroxyl groups excluding tert-OH is 4. The molecule has 0 radical (unpaired) electrons. The highest BCUT2D eigenvalue weighted by atomic mass is 16.7. The van der Waals surface area contributed by atoms with Gasteiger partial charge in [-0.15, -0.1) is 0 Å². The quantitative estimate of drug-likeness (QED) is 0.452. The van der Waals surface area contributed by atoms with Crippen molar-refractivity contribution in [1.82, 2.24) is 0 Å². The zero-order valence-corrected chi connectivity index (χ0v) is 12.3. The molecule has 0 spiro atoms. The number of ether oxygens (including phenoxy) is 2. The van der Waals surface area contributed by atoms with Gasteiger partial charge < -0.3 is 29.9 Å². The molecule has 1 aliphatic heterocycles. The molecule has 7 unspecified atom stereocenters. The highest BCUT2D eigenvalue weighted by molar-refractivity contribution is 5.84. The Morgan fingerprint density at radius 1 is 1.27 bits per heavy atom. The van der Waals surface area contributed by atoms with Crippen molar-refractivity contribution in [2.75, 3.05) is 6.61 Å². The van der Waals surface area contributed by atoms with Gasteiger partial charge in [-0.05, 0) is 12.3 Å². The Morgan fingerprint density at radius 2 is 1.95 bits per heavy atom. The second kappa shape index (κ2) is 7.01. The first-order chi connectivity index (χ1) is 10.3. The summed E-state index contributed by atoms with van der Waals surface area (Å²) in [7, 11) is 0. The van der Waals surface area contributed by atoms with E-state index in [2.05, 4.69) is 0 Å². The molecule has 2 fully saturated rings. The smallest absolute Gasteiger partial charge is 0.308 e. The molecule has 0 aromatic heterocycles. The number of ketones is 1. The summed E-state index contributed by atoms with van der Waals surface area (Å²) < 4.78 is 10.1. The first-order valence-electron chi connectivity index (χ1n) is 7.37. The van der Waals surface area contributed by atoms with Gasteiger partial charge in [0.1, 0.15) is 30.2 Å². The Morgan fingerprint density at radius 3 is 2.50 bits per heavy atom. The molecule has 22 heavy (non-hydrogen) atoms. The van der Waals surface area contributed by atoms with Crippen molar-refractivity contribution in [3.63, 3.8) is 0 Å². The van der Waals surface area contributed by atoms with E-state index in [1.807, 2.05) is 0 Å². The SMILES string of the molecule is CC1C(=O)CCC1CC(=O)OC1OC(CO)C(O)C(O)C1O. The minimum absolute atomic E-state index is 0.0158. The zero-order valence-electron chi connectivity index (χ0n) is 12.3. The predicted molar refractivity (Wildman–Crippen MR) is 71.4 cm³/mol. The van der Waals surface area contributed by atoms with Crippen LogP contribution in [-0.4, -0.2) is 69.5 Å². The van der Waals surface area contributed by atoms with Crippen LogP contribution in [0.5, 0.6) is 0 Å². The molecule has 2 rings (SSSR count). The molecule has 0 aromatic carbocycles. The summed E-state index contributed by atoms with van der Waals surface area (Å²) in [5.41, 5.74) is 0. The van der Waals surface area contributed by atoms with E-state index in [0.717, 1.165) is 0 Å². The fourth-order valence-corrected chi connectivity index (χ4v) is 2.90. The molecular formula is C14H22O8. The van der Waals surface area contributed by atoms with Gasteiger partial charge in [0.15, 0.2) is 0 Å². The summed E-state index contributed by atoms with van der Waals surface area (Å²) in [4.78, 5) is 23.4. The third kappa shape index (κ3) is 3.47. The number of esters is 1. The van der Waals surface area contributed by atoms with E-state index in [0.29, 0.717) is 12.8 Å². The number of Topliss-reactive ketones (excluding diaryl/α,β-unsaturated/α-hetero) is 1. The number of carbonyl (C=O) groups is 2. The van der Waals surface area contributed by atoms with E-state index >= 15 is 0 Å². The van der Waals surface area contributed by atoms with Crippen LogP contribution in [0, 0.1) is 11.8 Å². The van der Waals surface area contributed by atoms with Crippen LogP contribution in [0.1, 0.15) is 26.2 Å². The van der Waals surface area contributed by atoms with Crippen molar-refractivity contribution in [2.24, 2.45) is 11.8 Å². The maximum Gasteiger partial charge on any atom is 0.308 e. The van der Waals surface area contributed by atoms with Crippen molar-refractivity contribution in [2.45, 2.75) is 56.9 Å². The van der Waals surface area contributed by atoms with Crippen LogP contribution in [-0.2, 0) is 19.1 Å². The molecule has 8 heteroatoms. The Bertz CT molecular complexity index is 423. The van der Waals surface area contributed by atoms with Crippen molar-refractivity contribution < 1.29 is 39.5 Å². The molecule has 1 heterocycles. The number of aliphatic hydroxyl groups is 4. The summed E-state index contributed by atoms with van der Waals surface area (Å²) in [6.45, 7) is 1.17.